The minimum Gasteiger partial charge on any atom is -0.261 e. The molecule has 6 heteroatoms. The minimum absolute atomic E-state index is 0.0439. The number of allylic oxidation sites excluding steroid dienone is 2. The van der Waals surface area contributed by atoms with E-state index in [0.29, 0.717) is 12.2 Å². The summed E-state index contributed by atoms with van der Waals surface area (Å²) in [5.74, 6) is -3.17. The van der Waals surface area contributed by atoms with E-state index in [9.17, 15) is 18.9 Å². The Kier molecular flexibility index (Phi) is 2.14. The van der Waals surface area contributed by atoms with Crippen molar-refractivity contribution in [2.24, 2.45) is 0 Å². The lowest BCUT2D eigenvalue weighted by atomic mass is 10.1. The summed E-state index contributed by atoms with van der Waals surface area (Å²) < 4.78 is 25.7. The van der Waals surface area contributed by atoms with Crippen LogP contribution in [0.3, 0.4) is 0 Å². The van der Waals surface area contributed by atoms with Crippen molar-refractivity contribution < 1.29 is 13.7 Å². The van der Waals surface area contributed by atoms with Crippen LogP contribution >= 0.6 is 11.6 Å². The second kappa shape index (κ2) is 2.82. The highest BCUT2D eigenvalue weighted by Crippen LogP contribution is 2.29. The van der Waals surface area contributed by atoms with Crippen LogP contribution in [0.2, 0.25) is 0 Å². The van der Waals surface area contributed by atoms with E-state index in [2.05, 4.69) is 0 Å². The fourth-order valence-electron chi connectivity index (χ4n) is 0.762. The quantitative estimate of drug-likeness (QED) is 0.365. The van der Waals surface area contributed by atoms with E-state index >= 15 is 0 Å². The maximum absolute atomic E-state index is 13.0. The van der Waals surface area contributed by atoms with Crippen molar-refractivity contribution in [3.63, 3.8) is 0 Å². The van der Waals surface area contributed by atoms with E-state index in [1.165, 1.54) is 0 Å². The summed E-state index contributed by atoms with van der Waals surface area (Å²) >= 11 is 5.29. The van der Waals surface area contributed by atoms with Gasteiger partial charge in [0.2, 0.25) is 6.17 Å². The predicted octanol–water partition coefficient (Wildman–Crippen LogP) is 1.96. The first-order valence-electron chi connectivity index (χ1n) is 3.01. The molecule has 1 rings (SSSR count). The molecular formula is C6H4ClF2NO2. The Hall–Kier alpha value is -0.970. The van der Waals surface area contributed by atoms with E-state index in [1.807, 2.05) is 0 Å². The number of alkyl halides is 2. The number of halogens is 3. The molecule has 0 saturated carbocycles. The third-order valence-electron chi connectivity index (χ3n) is 1.45. The van der Waals surface area contributed by atoms with Gasteiger partial charge in [-0.2, -0.15) is 4.39 Å². The molecule has 2 unspecified atom stereocenters. The van der Waals surface area contributed by atoms with E-state index in [-0.39, 0.29) is 5.03 Å². The predicted molar refractivity (Wildman–Crippen MR) is 38.8 cm³/mol. The summed E-state index contributed by atoms with van der Waals surface area (Å²) in [5, 5.41) is 10.0. The van der Waals surface area contributed by atoms with Crippen molar-refractivity contribution in [2.75, 3.05) is 0 Å². The summed E-state index contributed by atoms with van der Waals surface area (Å²) in [6.45, 7) is 0. The zero-order valence-electron chi connectivity index (χ0n) is 5.71. The highest BCUT2D eigenvalue weighted by atomic mass is 35.5. The fourth-order valence-corrected chi connectivity index (χ4v) is 0.936. The van der Waals surface area contributed by atoms with Crippen LogP contribution < -0.4 is 0 Å². The summed E-state index contributed by atoms with van der Waals surface area (Å²) in [4.78, 5) is 8.73. The number of hydrogen-bond acceptors (Lipinski definition) is 2. The molecule has 2 atom stereocenters. The fraction of sp³-hybridized carbons (Fsp3) is 0.333. The number of hydrogen-bond donors (Lipinski definition) is 0. The van der Waals surface area contributed by atoms with Crippen LogP contribution in [-0.4, -0.2) is 16.9 Å². The first-order valence-corrected chi connectivity index (χ1v) is 3.38. The number of nitrogens with zero attached hydrogens (tertiary/aromatic N) is 1. The normalized spacial score (nSPS) is 34.6. The van der Waals surface area contributed by atoms with Crippen LogP contribution in [0.1, 0.15) is 0 Å². The van der Waals surface area contributed by atoms with Crippen LogP contribution in [-0.2, 0) is 0 Å². The van der Waals surface area contributed by atoms with Crippen molar-refractivity contribution >= 4 is 11.6 Å². The SMILES string of the molecule is O=[N+]([O-])C1(F)C=CC(Cl)=CC1F. The first-order chi connectivity index (χ1) is 5.47. The lowest BCUT2D eigenvalue weighted by Gasteiger charge is -2.17. The van der Waals surface area contributed by atoms with Gasteiger partial charge in [0.15, 0.2) is 0 Å². The second-order valence-corrected chi connectivity index (χ2v) is 2.71. The van der Waals surface area contributed by atoms with Gasteiger partial charge in [-0.15, -0.1) is 0 Å². The van der Waals surface area contributed by atoms with E-state index < -0.39 is 16.9 Å². The smallest absolute Gasteiger partial charge is 0.261 e. The van der Waals surface area contributed by atoms with Gasteiger partial charge in [0.1, 0.15) is 0 Å². The number of rotatable bonds is 1. The summed E-state index contributed by atoms with van der Waals surface area (Å²) in [5.41, 5.74) is 0. The molecule has 0 bridgehead atoms. The maximum atomic E-state index is 13.0. The van der Waals surface area contributed by atoms with Gasteiger partial charge in [-0.25, -0.2) is 4.39 Å². The van der Waals surface area contributed by atoms with Crippen LogP contribution in [0.4, 0.5) is 8.78 Å². The molecule has 0 aromatic heterocycles. The standard InChI is InChI=1S/C6H4ClF2NO2/c7-4-1-2-6(9,10(11)12)5(8)3-4/h1-3,5H. The molecule has 0 radical (unpaired) electrons. The topological polar surface area (TPSA) is 43.1 Å². The molecule has 1 aliphatic carbocycles. The molecule has 0 saturated heterocycles. The largest absolute Gasteiger partial charge is 0.412 e. The van der Waals surface area contributed by atoms with Gasteiger partial charge in [0.05, 0.1) is 4.92 Å². The Morgan fingerprint density at radius 2 is 2.33 bits per heavy atom. The van der Waals surface area contributed by atoms with E-state index in [0.717, 1.165) is 6.08 Å². The maximum Gasteiger partial charge on any atom is 0.412 e. The summed E-state index contributed by atoms with van der Waals surface area (Å²) in [6.07, 6.45) is -0.213. The van der Waals surface area contributed by atoms with Gasteiger partial charge in [-0.05, 0) is 12.2 Å². The van der Waals surface area contributed by atoms with Crippen molar-refractivity contribution in [3.05, 3.63) is 33.4 Å². The van der Waals surface area contributed by atoms with Gasteiger partial charge < -0.3 is 0 Å². The molecule has 0 aromatic rings. The Morgan fingerprint density at radius 3 is 2.75 bits per heavy atom. The molecule has 0 N–H and O–H groups in total. The zero-order valence-corrected chi connectivity index (χ0v) is 6.46. The van der Waals surface area contributed by atoms with E-state index in [1.54, 1.807) is 0 Å². The molecule has 12 heavy (non-hydrogen) atoms. The third kappa shape index (κ3) is 1.32. The Bertz CT molecular complexity index is 279. The Morgan fingerprint density at radius 1 is 1.75 bits per heavy atom. The molecule has 0 heterocycles. The van der Waals surface area contributed by atoms with Gasteiger partial charge >= 0.3 is 5.79 Å². The molecule has 0 aromatic carbocycles. The molecule has 0 fully saturated rings. The molecule has 0 aliphatic heterocycles. The van der Waals surface area contributed by atoms with Crippen LogP contribution in [0.15, 0.2) is 23.3 Å². The molecule has 0 amide bonds. The minimum atomic E-state index is -3.17. The second-order valence-electron chi connectivity index (χ2n) is 2.27. The van der Waals surface area contributed by atoms with Gasteiger partial charge in [-0.3, -0.25) is 10.1 Å². The average molecular weight is 196 g/mol. The van der Waals surface area contributed by atoms with Gasteiger partial charge in [0, 0.05) is 11.1 Å². The van der Waals surface area contributed by atoms with Crippen LogP contribution in [0, 0.1) is 10.1 Å². The number of nitro groups is 1. The summed E-state index contributed by atoms with van der Waals surface area (Å²) in [7, 11) is 0. The lowest BCUT2D eigenvalue weighted by molar-refractivity contribution is -0.596. The van der Waals surface area contributed by atoms with Crippen LogP contribution in [0.5, 0.6) is 0 Å². The van der Waals surface area contributed by atoms with E-state index in [4.69, 9.17) is 11.6 Å². The van der Waals surface area contributed by atoms with Gasteiger partial charge in [0.25, 0.3) is 0 Å². The highest BCUT2D eigenvalue weighted by molar-refractivity contribution is 6.31. The van der Waals surface area contributed by atoms with Crippen LogP contribution in [0.25, 0.3) is 0 Å². The molecule has 1 aliphatic rings. The first kappa shape index (κ1) is 9.12. The summed E-state index contributed by atoms with van der Waals surface area (Å²) in [6, 6.07) is 0. The third-order valence-corrected chi connectivity index (χ3v) is 1.70. The Balaban J connectivity index is 2.99. The average Bonchev–Trinajstić information content (AvgIpc) is 1.97. The molecular weight excluding hydrogens is 192 g/mol. The molecule has 0 spiro atoms. The van der Waals surface area contributed by atoms with Crippen molar-refractivity contribution in [3.8, 4) is 0 Å². The monoisotopic (exact) mass is 195 g/mol. The Labute approximate surface area is 71.5 Å². The molecule has 3 nitrogen and oxygen atoms in total. The lowest BCUT2D eigenvalue weighted by Crippen LogP contribution is -2.41. The van der Waals surface area contributed by atoms with Crippen molar-refractivity contribution in [1.29, 1.82) is 0 Å². The highest BCUT2D eigenvalue weighted by Gasteiger charge is 2.50. The zero-order chi connectivity index (χ0) is 9.35. The van der Waals surface area contributed by atoms with Gasteiger partial charge in [-0.1, -0.05) is 11.6 Å². The molecule has 66 valence electrons. The van der Waals surface area contributed by atoms with Crippen molar-refractivity contribution in [1.82, 2.24) is 0 Å². The van der Waals surface area contributed by atoms with Crippen molar-refractivity contribution in [2.45, 2.75) is 12.0 Å².